The van der Waals surface area contributed by atoms with E-state index in [1.807, 2.05) is 62.4 Å². The molecule has 1 amide bonds. The number of hydrogen-bond acceptors (Lipinski definition) is 3. The number of carboxylic acids is 1. The average molecular weight is 468 g/mol. The molecule has 0 bridgehead atoms. The minimum Gasteiger partial charge on any atom is -0.478 e. The van der Waals surface area contributed by atoms with Gasteiger partial charge >= 0.3 is 5.97 Å². The summed E-state index contributed by atoms with van der Waals surface area (Å²) in [7, 11) is 0. The van der Waals surface area contributed by atoms with Crippen LogP contribution in [-0.2, 0) is 10.2 Å². The highest BCUT2D eigenvalue weighted by atomic mass is 16.4. The molecule has 0 radical (unpaired) electrons. The van der Waals surface area contributed by atoms with Crippen molar-refractivity contribution < 1.29 is 14.7 Å². The van der Waals surface area contributed by atoms with Crippen molar-refractivity contribution in [2.75, 3.05) is 5.32 Å². The molecule has 6 heteroatoms. The molecule has 1 aromatic heterocycles. The molecule has 0 fully saturated rings. The van der Waals surface area contributed by atoms with Gasteiger partial charge in [-0.05, 0) is 66.1 Å². The molecule has 0 aliphatic heterocycles. The van der Waals surface area contributed by atoms with E-state index in [9.17, 15) is 14.7 Å². The number of aromatic carboxylic acids is 1. The summed E-state index contributed by atoms with van der Waals surface area (Å²) in [5.74, 6) is -1.52. The predicted molar refractivity (Wildman–Crippen MR) is 140 cm³/mol. The lowest BCUT2D eigenvalue weighted by atomic mass is 9.91. The molecule has 35 heavy (non-hydrogen) atoms. The summed E-state index contributed by atoms with van der Waals surface area (Å²) < 4.78 is 1.76. The quantitative estimate of drug-likeness (QED) is 0.334. The number of anilines is 1. The minimum atomic E-state index is -1.13. The Bertz CT molecular complexity index is 1470. The van der Waals surface area contributed by atoms with Crippen molar-refractivity contribution in [3.05, 3.63) is 95.3 Å². The van der Waals surface area contributed by atoms with Crippen LogP contribution < -0.4 is 5.32 Å². The Morgan fingerprint density at radius 2 is 1.69 bits per heavy atom. The Kier molecular flexibility index (Phi) is 6.31. The van der Waals surface area contributed by atoms with Crippen LogP contribution in [0.1, 0.15) is 55.0 Å². The van der Waals surface area contributed by atoms with Gasteiger partial charge in [0.1, 0.15) is 0 Å². The molecule has 1 heterocycles. The van der Waals surface area contributed by atoms with E-state index in [4.69, 9.17) is 0 Å². The van der Waals surface area contributed by atoms with Gasteiger partial charge in [-0.3, -0.25) is 4.79 Å². The van der Waals surface area contributed by atoms with E-state index in [-0.39, 0.29) is 16.7 Å². The van der Waals surface area contributed by atoms with Crippen molar-refractivity contribution in [3.63, 3.8) is 0 Å². The van der Waals surface area contributed by atoms with Crippen LogP contribution in [0.4, 0.5) is 5.69 Å². The Morgan fingerprint density at radius 1 is 0.971 bits per heavy atom. The fourth-order valence-electron chi connectivity index (χ4n) is 4.06. The number of nitrogens with zero attached hydrogens (tertiary/aromatic N) is 2. The largest absolute Gasteiger partial charge is 0.478 e. The number of nitrogens with one attached hydrogen (secondary N) is 1. The van der Waals surface area contributed by atoms with Crippen LogP contribution in [0.3, 0.4) is 0 Å². The third-order valence-corrected chi connectivity index (χ3v) is 5.89. The third kappa shape index (κ3) is 5.17. The van der Waals surface area contributed by atoms with E-state index in [1.165, 1.54) is 6.08 Å². The zero-order chi connectivity index (χ0) is 25.3. The maximum atomic E-state index is 12.8. The van der Waals surface area contributed by atoms with Crippen molar-refractivity contribution >= 4 is 33.9 Å². The van der Waals surface area contributed by atoms with E-state index in [0.717, 1.165) is 33.3 Å². The lowest BCUT2D eigenvalue weighted by molar-refractivity contribution is -0.111. The summed E-state index contributed by atoms with van der Waals surface area (Å²) in [6, 6.07) is 21.0. The second kappa shape index (κ2) is 9.22. The van der Waals surface area contributed by atoms with Crippen LogP contribution >= 0.6 is 0 Å². The first-order chi connectivity index (χ1) is 16.5. The van der Waals surface area contributed by atoms with Crippen molar-refractivity contribution in [2.24, 2.45) is 0 Å². The number of amides is 1. The first kappa shape index (κ1) is 24.0. The normalized spacial score (nSPS) is 12.1. The fraction of sp³-hybridized carbons (Fsp3) is 0.207. The van der Waals surface area contributed by atoms with Gasteiger partial charge in [0, 0.05) is 17.2 Å². The molecule has 2 N–H and O–H groups in total. The van der Waals surface area contributed by atoms with Gasteiger partial charge in [0.25, 0.3) is 0 Å². The van der Waals surface area contributed by atoms with Gasteiger partial charge in [-0.2, -0.15) is 5.10 Å². The van der Waals surface area contributed by atoms with Gasteiger partial charge < -0.3 is 10.4 Å². The highest BCUT2D eigenvalue weighted by molar-refractivity contribution is 6.07. The van der Waals surface area contributed by atoms with Gasteiger partial charge in [0.2, 0.25) is 5.91 Å². The lowest BCUT2D eigenvalue weighted by Crippen LogP contribution is -2.18. The first-order valence-corrected chi connectivity index (χ1v) is 11.5. The standard InChI is InChI=1S/C29H29N3O3/c1-18(21-11-10-20-8-6-7-9-22(20)16-21)14-27(33)30-25-13-12-23(17-24(25)28(34)35)32-26(29(3,4)5)15-19(2)31-32/h6-17H,1-5H3,(H,30,33)(H,34,35)/b18-14-. The highest BCUT2D eigenvalue weighted by Crippen LogP contribution is 2.28. The molecule has 0 spiro atoms. The molecule has 4 aromatic rings. The van der Waals surface area contributed by atoms with E-state index < -0.39 is 11.9 Å². The number of carbonyl (C=O) groups excluding carboxylic acids is 1. The summed E-state index contributed by atoms with van der Waals surface area (Å²) in [4.78, 5) is 24.8. The molecule has 0 saturated heterocycles. The Balaban J connectivity index is 1.63. The van der Waals surface area contributed by atoms with Gasteiger partial charge in [-0.1, -0.05) is 57.2 Å². The molecule has 6 nitrogen and oxygen atoms in total. The van der Waals surface area contributed by atoms with Crippen molar-refractivity contribution in [2.45, 2.75) is 40.0 Å². The van der Waals surface area contributed by atoms with Crippen LogP contribution in [0.5, 0.6) is 0 Å². The summed E-state index contributed by atoms with van der Waals surface area (Å²) in [5.41, 5.74) is 4.20. The molecular weight excluding hydrogens is 438 g/mol. The maximum absolute atomic E-state index is 12.8. The average Bonchev–Trinajstić information content (AvgIpc) is 3.21. The topological polar surface area (TPSA) is 84.2 Å². The molecule has 0 aliphatic rings. The maximum Gasteiger partial charge on any atom is 0.337 e. The number of carbonyl (C=O) groups is 2. The van der Waals surface area contributed by atoms with E-state index in [2.05, 4.69) is 31.2 Å². The Morgan fingerprint density at radius 3 is 2.37 bits per heavy atom. The lowest BCUT2D eigenvalue weighted by Gasteiger charge is -2.20. The fourth-order valence-corrected chi connectivity index (χ4v) is 4.06. The zero-order valence-electron chi connectivity index (χ0n) is 20.6. The highest BCUT2D eigenvalue weighted by Gasteiger charge is 2.22. The van der Waals surface area contributed by atoms with E-state index in [0.29, 0.717) is 5.69 Å². The van der Waals surface area contributed by atoms with Gasteiger partial charge in [0.15, 0.2) is 0 Å². The van der Waals surface area contributed by atoms with Gasteiger partial charge in [-0.15, -0.1) is 0 Å². The summed E-state index contributed by atoms with van der Waals surface area (Å²) in [5, 5.41) is 19.4. The molecule has 0 saturated carbocycles. The van der Waals surface area contributed by atoms with Crippen molar-refractivity contribution in [3.8, 4) is 5.69 Å². The minimum absolute atomic E-state index is 0.000574. The number of aromatic nitrogens is 2. The Labute approximate surface area is 204 Å². The smallest absolute Gasteiger partial charge is 0.337 e. The molecular formula is C29H29N3O3. The zero-order valence-corrected chi connectivity index (χ0v) is 20.6. The molecule has 3 aromatic carbocycles. The second-order valence-corrected chi connectivity index (χ2v) is 9.75. The monoisotopic (exact) mass is 467 g/mol. The molecule has 0 atom stereocenters. The van der Waals surface area contributed by atoms with Gasteiger partial charge in [-0.25, -0.2) is 9.48 Å². The van der Waals surface area contributed by atoms with Crippen molar-refractivity contribution in [1.82, 2.24) is 9.78 Å². The van der Waals surface area contributed by atoms with Gasteiger partial charge in [0.05, 0.1) is 22.6 Å². The first-order valence-electron chi connectivity index (χ1n) is 11.5. The number of allylic oxidation sites excluding steroid dienone is 1. The summed E-state index contributed by atoms with van der Waals surface area (Å²) >= 11 is 0. The second-order valence-electron chi connectivity index (χ2n) is 9.75. The molecule has 0 aliphatic carbocycles. The van der Waals surface area contributed by atoms with Crippen LogP contribution in [0.15, 0.2) is 72.8 Å². The number of carboxylic acid groups (broad SMARTS) is 1. The van der Waals surface area contributed by atoms with Crippen LogP contribution in [0.25, 0.3) is 22.0 Å². The predicted octanol–water partition coefficient (Wildman–Crippen LogP) is 6.37. The molecule has 0 unspecified atom stereocenters. The number of fused-ring (bicyclic) bond motifs is 1. The Hall–Kier alpha value is -4.19. The summed E-state index contributed by atoms with van der Waals surface area (Å²) in [6.07, 6.45) is 1.48. The van der Waals surface area contributed by atoms with Crippen LogP contribution in [-0.4, -0.2) is 26.8 Å². The number of aryl methyl sites for hydroxylation is 1. The third-order valence-electron chi connectivity index (χ3n) is 5.89. The van der Waals surface area contributed by atoms with Crippen LogP contribution in [0, 0.1) is 6.92 Å². The summed E-state index contributed by atoms with van der Waals surface area (Å²) in [6.45, 7) is 10.0. The van der Waals surface area contributed by atoms with E-state index in [1.54, 1.807) is 22.9 Å². The molecule has 178 valence electrons. The number of rotatable bonds is 5. The van der Waals surface area contributed by atoms with E-state index >= 15 is 0 Å². The van der Waals surface area contributed by atoms with Crippen molar-refractivity contribution in [1.29, 1.82) is 0 Å². The molecule has 4 rings (SSSR count). The number of hydrogen-bond donors (Lipinski definition) is 2. The SMILES string of the molecule is C/C(=C/C(=O)Nc1ccc(-n2nc(C)cc2C(C)(C)C)cc1C(=O)O)c1ccc2ccccc2c1. The van der Waals surface area contributed by atoms with Crippen LogP contribution in [0.2, 0.25) is 0 Å². The number of benzene rings is 3.